The fourth-order valence-corrected chi connectivity index (χ4v) is 2.35. The van der Waals surface area contributed by atoms with E-state index in [-0.39, 0.29) is 5.92 Å². The third kappa shape index (κ3) is 2.20. The maximum absolute atomic E-state index is 5.82. The fraction of sp³-hybridized carbons (Fsp3) is 0.333. The quantitative estimate of drug-likeness (QED) is 0.791. The minimum absolute atomic E-state index is 0.272. The lowest BCUT2D eigenvalue weighted by atomic mass is 10.1. The highest BCUT2D eigenvalue weighted by molar-refractivity contribution is 5.83. The van der Waals surface area contributed by atoms with Crippen LogP contribution in [0.3, 0.4) is 0 Å². The average molecular weight is 270 g/mol. The topological polar surface area (TPSA) is 69.9 Å². The van der Waals surface area contributed by atoms with Crippen LogP contribution >= 0.6 is 0 Å². The Morgan fingerprint density at radius 1 is 1.30 bits per heavy atom. The second-order valence-corrected chi connectivity index (χ2v) is 5.20. The lowest BCUT2D eigenvalue weighted by Gasteiger charge is -2.06. The maximum atomic E-state index is 5.82. The minimum atomic E-state index is 0.272. The van der Waals surface area contributed by atoms with Crippen LogP contribution in [-0.2, 0) is 13.1 Å². The van der Waals surface area contributed by atoms with Crippen molar-refractivity contribution in [3.63, 3.8) is 0 Å². The molecule has 0 saturated heterocycles. The summed E-state index contributed by atoms with van der Waals surface area (Å²) in [6.45, 7) is 5.18. The molecule has 0 saturated carbocycles. The highest BCUT2D eigenvalue weighted by Crippen LogP contribution is 2.21. The van der Waals surface area contributed by atoms with Gasteiger partial charge in [0.25, 0.3) is 0 Å². The number of benzene rings is 1. The Morgan fingerprint density at radius 2 is 2.15 bits per heavy atom. The van der Waals surface area contributed by atoms with Crippen molar-refractivity contribution in [1.82, 2.24) is 14.7 Å². The van der Waals surface area contributed by atoms with Crippen molar-refractivity contribution in [3.8, 4) is 0 Å². The number of nitrogens with two attached hydrogens (primary N) is 1. The zero-order valence-corrected chi connectivity index (χ0v) is 11.7. The molecule has 0 fully saturated rings. The molecule has 1 aromatic carbocycles. The summed E-state index contributed by atoms with van der Waals surface area (Å²) >= 11 is 0. The molecule has 2 N–H and O–H groups in total. The van der Waals surface area contributed by atoms with Gasteiger partial charge in [-0.1, -0.05) is 37.2 Å². The molecule has 0 unspecified atom stereocenters. The number of hydrogen-bond acceptors (Lipinski definition) is 4. The summed E-state index contributed by atoms with van der Waals surface area (Å²) in [5.74, 6) is 1.64. The van der Waals surface area contributed by atoms with Gasteiger partial charge in [-0.25, -0.2) is 0 Å². The summed E-state index contributed by atoms with van der Waals surface area (Å²) in [6.07, 6.45) is 2.03. The van der Waals surface area contributed by atoms with Crippen molar-refractivity contribution in [2.24, 2.45) is 5.73 Å². The summed E-state index contributed by atoms with van der Waals surface area (Å²) in [7, 11) is 0. The van der Waals surface area contributed by atoms with Gasteiger partial charge < -0.3 is 14.8 Å². The van der Waals surface area contributed by atoms with E-state index in [0.717, 1.165) is 16.9 Å². The zero-order valence-electron chi connectivity index (χ0n) is 11.7. The second-order valence-electron chi connectivity index (χ2n) is 5.20. The Kier molecular flexibility index (Phi) is 3.28. The van der Waals surface area contributed by atoms with Crippen LogP contribution in [0.1, 0.15) is 37.0 Å². The molecule has 0 aliphatic heterocycles. The molecule has 0 spiro atoms. The van der Waals surface area contributed by atoms with Gasteiger partial charge in [-0.3, -0.25) is 0 Å². The first-order valence-corrected chi connectivity index (χ1v) is 6.78. The molecule has 0 amide bonds. The molecule has 2 heterocycles. The smallest absolute Gasteiger partial charge is 0.246 e. The van der Waals surface area contributed by atoms with E-state index in [9.17, 15) is 0 Å². The molecule has 5 heteroatoms. The summed E-state index contributed by atoms with van der Waals surface area (Å²) in [5, 5.41) is 5.17. The van der Waals surface area contributed by atoms with Crippen molar-refractivity contribution in [1.29, 1.82) is 0 Å². The molecule has 3 rings (SSSR count). The van der Waals surface area contributed by atoms with Gasteiger partial charge in [0.05, 0.1) is 5.52 Å². The predicted octanol–water partition coefficient (Wildman–Crippen LogP) is 2.65. The van der Waals surface area contributed by atoms with Gasteiger partial charge in [-0.15, -0.1) is 0 Å². The van der Waals surface area contributed by atoms with Crippen molar-refractivity contribution in [2.45, 2.75) is 32.9 Å². The molecule has 2 aromatic heterocycles. The summed E-state index contributed by atoms with van der Waals surface area (Å²) in [4.78, 5) is 4.42. The molecule has 0 atom stereocenters. The largest absolute Gasteiger partial charge is 0.338 e. The minimum Gasteiger partial charge on any atom is -0.338 e. The molecule has 3 aromatic rings. The van der Waals surface area contributed by atoms with Crippen LogP contribution < -0.4 is 5.73 Å². The van der Waals surface area contributed by atoms with E-state index in [4.69, 9.17) is 10.3 Å². The molecule has 0 aliphatic carbocycles. The van der Waals surface area contributed by atoms with Crippen LogP contribution in [0.25, 0.3) is 10.9 Å². The van der Waals surface area contributed by atoms with Gasteiger partial charge >= 0.3 is 0 Å². The monoisotopic (exact) mass is 270 g/mol. The zero-order chi connectivity index (χ0) is 14.1. The molecule has 0 radical (unpaired) electrons. The van der Waals surface area contributed by atoms with Gasteiger partial charge in [-0.2, -0.15) is 4.98 Å². The molecular formula is C15H18N4O. The SMILES string of the molecule is CC(C)c1noc(Cn2ccc3cccc(CN)c32)n1. The summed E-state index contributed by atoms with van der Waals surface area (Å²) in [6, 6.07) is 8.23. The highest BCUT2D eigenvalue weighted by atomic mass is 16.5. The second kappa shape index (κ2) is 5.09. The number of nitrogens with zero attached hydrogens (tertiary/aromatic N) is 3. The number of para-hydroxylation sites is 1. The normalized spacial score (nSPS) is 11.6. The molecule has 20 heavy (non-hydrogen) atoms. The standard InChI is InChI=1S/C15H18N4O/c1-10(2)15-17-13(20-18-15)9-19-7-6-11-4-3-5-12(8-16)14(11)19/h3-7,10H,8-9,16H2,1-2H3. The third-order valence-electron chi connectivity index (χ3n) is 3.40. The Morgan fingerprint density at radius 3 is 2.85 bits per heavy atom. The van der Waals surface area contributed by atoms with Gasteiger partial charge in [0, 0.05) is 18.7 Å². The van der Waals surface area contributed by atoms with Gasteiger partial charge in [0.2, 0.25) is 5.89 Å². The number of rotatable bonds is 4. The van der Waals surface area contributed by atoms with Crippen molar-refractivity contribution in [2.75, 3.05) is 0 Å². The van der Waals surface area contributed by atoms with Crippen molar-refractivity contribution >= 4 is 10.9 Å². The Bertz CT molecular complexity index is 726. The molecule has 104 valence electrons. The average Bonchev–Trinajstić information content (AvgIpc) is 3.06. The first kappa shape index (κ1) is 12.9. The summed E-state index contributed by atoms with van der Waals surface area (Å²) < 4.78 is 7.41. The van der Waals surface area contributed by atoms with Crippen molar-refractivity contribution < 1.29 is 4.52 Å². The van der Waals surface area contributed by atoms with Crippen molar-refractivity contribution in [3.05, 3.63) is 47.7 Å². The number of fused-ring (bicyclic) bond motifs is 1. The Labute approximate surface area is 117 Å². The van der Waals surface area contributed by atoms with E-state index in [1.807, 2.05) is 32.2 Å². The van der Waals surface area contributed by atoms with Gasteiger partial charge in [-0.05, 0) is 17.0 Å². The van der Waals surface area contributed by atoms with E-state index in [2.05, 4.69) is 26.8 Å². The van der Waals surface area contributed by atoms with Crippen LogP contribution in [0.15, 0.2) is 35.0 Å². The van der Waals surface area contributed by atoms with E-state index in [1.54, 1.807) is 0 Å². The van der Waals surface area contributed by atoms with E-state index < -0.39 is 0 Å². The van der Waals surface area contributed by atoms with Crippen LogP contribution in [0.5, 0.6) is 0 Å². The first-order valence-electron chi connectivity index (χ1n) is 6.78. The van der Waals surface area contributed by atoms with Crippen LogP contribution in [0, 0.1) is 0 Å². The number of hydrogen-bond donors (Lipinski definition) is 1. The lowest BCUT2D eigenvalue weighted by molar-refractivity contribution is 0.366. The van der Waals surface area contributed by atoms with Crippen LogP contribution in [-0.4, -0.2) is 14.7 Å². The lowest BCUT2D eigenvalue weighted by Crippen LogP contribution is -2.04. The number of aromatic nitrogens is 3. The Balaban J connectivity index is 1.97. The van der Waals surface area contributed by atoms with E-state index in [1.165, 1.54) is 5.39 Å². The van der Waals surface area contributed by atoms with E-state index in [0.29, 0.717) is 19.0 Å². The molecule has 0 bridgehead atoms. The van der Waals surface area contributed by atoms with Gasteiger partial charge in [0.15, 0.2) is 5.82 Å². The first-order chi connectivity index (χ1) is 9.69. The van der Waals surface area contributed by atoms with E-state index >= 15 is 0 Å². The predicted molar refractivity (Wildman–Crippen MR) is 77.3 cm³/mol. The third-order valence-corrected chi connectivity index (χ3v) is 3.40. The van der Waals surface area contributed by atoms with Crippen LogP contribution in [0.4, 0.5) is 0 Å². The van der Waals surface area contributed by atoms with Gasteiger partial charge in [0.1, 0.15) is 6.54 Å². The van der Waals surface area contributed by atoms with Crippen LogP contribution in [0.2, 0.25) is 0 Å². The molecular weight excluding hydrogens is 252 g/mol. The highest BCUT2D eigenvalue weighted by Gasteiger charge is 2.12. The molecule has 5 nitrogen and oxygen atoms in total. The Hall–Kier alpha value is -2.14. The maximum Gasteiger partial charge on any atom is 0.246 e. The molecule has 0 aliphatic rings. The summed E-state index contributed by atoms with van der Waals surface area (Å²) in [5.41, 5.74) is 8.08. The fourth-order valence-electron chi connectivity index (χ4n) is 2.35.